The van der Waals surface area contributed by atoms with Crippen molar-refractivity contribution in [3.8, 4) is 0 Å². The minimum Gasteiger partial charge on any atom is -0.381 e. The molecule has 0 amide bonds. The third-order valence-corrected chi connectivity index (χ3v) is 6.04. The normalized spacial score (nSPS) is 19.3. The number of carbonyl (C=O) groups is 1. The Labute approximate surface area is 186 Å². The van der Waals surface area contributed by atoms with Gasteiger partial charge in [-0.1, -0.05) is 73.0 Å². The Balaban J connectivity index is 2.06. The first kappa shape index (κ1) is 24.4. The summed E-state index contributed by atoms with van der Waals surface area (Å²) in [6.45, 7) is 12.8. The first-order valence-electron chi connectivity index (χ1n) is 10.8. The number of carbonyl (C=O) groups excluding carboxylic acids is 1. The Morgan fingerprint density at radius 1 is 1.20 bits per heavy atom. The van der Waals surface area contributed by atoms with Gasteiger partial charge in [0.25, 0.3) is 0 Å². The quantitative estimate of drug-likeness (QED) is 0.347. The molecule has 0 radical (unpaired) electrons. The molecule has 1 atom stereocenters. The van der Waals surface area contributed by atoms with Gasteiger partial charge in [0, 0.05) is 25.7 Å². The van der Waals surface area contributed by atoms with Crippen molar-refractivity contribution in [1.29, 1.82) is 0 Å². The summed E-state index contributed by atoms with van der Waals surface area (Å²) in [6, 6.07) is 9.25. The van der Waals surface area contributed by atoms with Gasteiger partial charge in [0.1, 0.15) is 0 Å². The van der Waals surface area contributed by atoms with E-state index in [4.69, 9.17) is 4.74 Å². The molecule has 1 unspecified atom stereocenters. The third kappa shape index (κ3) is 9.29. The lowest BCUT2D eigenvalue weighted by atomic mass is 10.0. The highest BCUT2D eigenvalue weighted by molar-refractivity contribution is 8.06. The minimum atomic E-state index is -0.116. The maximum atomic E-state index is 11.6. The second kappa shape index (κ2) is 14.2. The van der Waals surface area contributed by atoms with Gasteiger partial charge in [0.05, 0.1) is 11.5 Å². The largest absolute Gasteiger partial charge is 0.381 e. The maximum absolute atomic E-state index is 11.6. The van der Waals surface area contributed by atoms with Gasteiger partial charge in [-0.3, -0.25) is 9.69 Å². The van der Waals surface area contributed by atoms with Crippen LogP contribution in [0.15, 0.2) is 72.0 Å². The monoisotopic (exact) mass is 425 g/mol. The molecule has 4 heteroatoms. The van der Waals surface area contributed by atoms with Gasteiger partial charge in [-0.2, -0.15) is 0 Å². The Bertz CT molecular complexity index is 736. The van der Waals surface area contributed by atoms with E-state index in [1.807, 2.05) is 5.41 Å². The van der Waals surface area contributed by atoms with Crippen molar-refractivity contribution in [2.45, 2.75) is 51.6 Å². The molecule has 0 fully saturated rings. The van der Waals surface area contributed by atoms with Crippen LogP contribution in [0.3, 0.4) is 0 Å². The molecule has 1 aliphatic heterocycles. The molecule has 30 heavy (non-hydrogen) atoms. The van der Waals surface area contributed by atoms with E-state index in [1.54, 1.807) is 0 Å². The standard InChI is InChI=1S/C26H35NO2S/c1-4-26(28)23(3)30-20-10-17-27(21-24-14-12-22(2)13-15-24)25-11-8-6-5-7-9-18-29-19-16-25/h4-5,7,10,12-15,20,25H,1,3,6,8-9,11,16-19,21H2,2H3/b7-5-,20-10-. The van der Waals surface area contributed by atoms with Crippen molar-refractivity contribution >= 4 is 17.5 Å². The highest BCUT2D eigenvalue weighted by atomic mass is 32.2. The van der Waals surface area contributed by atoms with Crippen LogP contribution in [0.25, 0.3) is 0 Å². The number of benzene rings is 1. The predicted octanol–water partition coefficient (Wildman–Crippen LogP) is 6.22. The van der Waals surface area contributed by atoms with Crippen molar-refractivity contribution in [2.75, 3.05) is 19.8 Å². The molecule has 162 valence electrons. The molecule has 1 aliphatic rings. The van der Waals surface area contributed by atoms with Crippen LogP contribution in [0.2, 0.25) is 0 Å². The lowest BCUT2D eigenvalue weighted by Crippen LogP contribution is -2.36. The molecular weight excluding hydrogens is 390 g/mol. The van der Waals surface area contributed by atoms with Crippen molar-refractivity contribution in [1.82, 2.24) is 4.90 Å². The van der Waals surface area contributed by atoms with Crippen molar-refractivity contribution in [2.24, 2.45) is 0 Å². The summed E-state index contributed by atoms with van der Waals surface area (Å²) < 4.78 is 5.85. The second-order valence-electron chi connectivity index (χ2n) is 7.64. The Hall–Kier alpha value is -1.88. The molecule has 0 N–H and O–H groups in total. The molecule has 2 rings (SSSR count). The molecule has 0 saturated carbocycles. The molecular formula is C26H35NO2S. The second-order valence-corrected chi connectivity index (χ2v) is 8.64. The Morgan fingerprint density at radius 2 is 1.97 bits per heavy atom. The summed E-state index contributed by atoms with van der Waals surface area (Å²) in [6.07, 6.45) is 13.5. The third-order valence-electron chi connectivity index (χ3n) is 5.23. The zero-order chi connectivity index (χ0) is 21.6. The van der Waals surface area contributed by atoms with Crippen LogP contribution in [0.5, 0.6) is 0 Å². The van der Waals surface area contributed by atoms with Crippen LogP contribution in [0, 0.1) is 6.92 Å². The highest BCUT2D eigenvalue weighted by Gasteiger charge is 2.18. The van der Waals surface area contributed by atoms with Crippen molar-refractivity contribution < 1.29 is 9.53 Å². The number of nitrogens with zero attached hydrogens (tertiary/aromatic N) is 1. The summed E-state index contributed by atoms with van der Waals surface area (Å²) >= 11 is 1.37. The topological polar surface area (TPSA) is 29.5 Å². The molecule has 0 aromatic heterocycles. The van der Waals surface area contributed by atoms with E-state index in [1.165, 1.54) is 35.4 Å². The van der Waals surface area contributed by atoms with Gasteiger partial charge in [0.2, 0.25) is 0 Å². The van der Waals surface area contributed by atoms with Crippen molar-refractivity contribution in [3.05, 3.63) is 83.2 Å². The molecule has 1 aromatic rings. The highest BCUT2D eigenvalue weighted by Crippen LogP contribution is 2.20. The van der Waals surface area contributed by atoms with Crippen LogP contribution in [0.4, 0.5) is 0 Å². The summed E-state index contributed by atoms with van der Waals surface area (Å²) in [4.78, 5) is 14.6. The zero-order valence-corrected chi connectivity index (χ0v) is 19.0. The van der Waals surface area contributed by atoms with Crippen LogP contribution in [-0.2, 0) is 16.1 Å². The van der Waals surface area contributed by atoms with Crippen LogP contribution < -0.4 is 0 Å². The first-order chi connectivity index (χ1) is 14.6. The number of hydrogen-bond donors (Lipinski definition) is 0. The van der Waals surface area contributed by atoms with Gasteiger partial charge < -0.3 is 4.74 Å². The minimum absolute atomic E-state index is 0.116. The van der Waals surface area contributed by atoms with E-state index < -0.39 is 0 Å². The van der Waals surface area contributed by atoms with Gasteiger partial charge >= 0.3 is 0 Å². The lowest BCUT2D eigenvalue weighted by molar-refractivity contribution is -0.110. The van der Waals surface area contributed by atoms with E-state index in [9.17, 15) is 4.79 Å². The van der Waals surface area contributed by atoms with E-state index in [0.29, 0.717) is 10.9 Å². The number of thioether (sulfide) groups is 1. The van der Waals surface area contributed by atoms with Gasteiger partial charge in [-0.05, 0) is 56.1 Å². The smallest absolute Gasteiger partial charge is 0.191 e. The number of aryl methyl sites for hydroxylation is 1. The van der Waals surface area contributed by atoms with E-state index in [2.05, 4.69) is 67.5 Å². The molecule has 1 aromatic carbocycles. The Morgan fingerprint density at radius 3 is 2.73 bits per heavy atom. The summed E-state index contributed by atoms with van der Waals surface area (Å²) in [5.74, 6) is -0.116. The fourth-order valence-electron chi connectivity index (χ4n) is 3.44. The number of allylic oxidation sites excluding steroid dienone is 3. The van der Waals surface area contributed by atoms with Crippen LogP contribution >= 0.6 is 11.8 Å². The SMILES string of the molecule is C=CC(=O)C(=C)S/C=C\CN(Cc1ccc(C)cc1)C1CCC/C=C\CCOCC1. The molecule has 0 saturated heterocycles. The van der Waals surface area contributed by atoms with Crippen molar-refractivity contribution in [3.63, 3.8) is 0 Å². The lowest BCUT2D eigenvalue weighted by Gasteiger charge is -2.31. The molecule has 0 bridgehead atoms. The van der Waals surface area contributed by atoms with Gasteiger partial charge in [-0.15, -0.1) is 0 Å². The number of ketones is 1. The van der Waals surface area contributed by atoms with Gasteiger partial charge in [-0.25, -0.2) is 0 Å². The summed E-state index contributed by atoms with van der Waals surface area (Å²) in [5.41, 5.74) is 2.60. The zero-order valence-electron chi connectivity index (χ0n) is 18.2. The predicted molar refractivity (Wildman–Crippen MR) is 129 cm³/mol. The molecule has 3 nitrogen and oxygen atoms in total. The molecule has 1 heterocycles. The number of hydrogen-bond acceptors (Lipinski definition) is 4. The van der Waals surface area contributed by atoms with E-state index in [-0.39, 0.29) is 5.78 Å². The number of rotatable bonds is 9. The van der Waals surface area contributed by atoms with E-state index in [0.717, 1.165) is 52.0 Å². The van der Waals surface area contributed by atoms with Crippen LogP contribution in [-0.4, -0.2) is 36.5 Å². The fraction of sp³-hybridized carbons (Fsp3) is 0.423. The molecule has 0 aliphatic carbocycles. The average Bonchev–Trinajstić information content (AvgIpc) is 2.82. The fourth-order valence-corrected chi connectivity index (χ4v) is 3.99. The molecule has 0 spiro atoms. The average molecular weight is 426 g/mol. The van der Waals surface area contributed by atoms with Gasteiger partial charge in [0.15, 0.2) is 5.78 Å². The first-order valence-corrected chi connectivity index (χ1v) is 11.7. The summed E-state index contributed by atoms with van der Waals surface area (Å²) in [5, 5.41) is 1.97. The Kier molecular flexibility index (Phi) is 11.5. The van der Waals surface area contributed by atoms with Crippen LogP contribution in [0.1, 0.15) is 43.2 Å². The summed E-state index contributed by atoms with van der Waals surface area (Å²) in [7, 11) is 0. The maximum Gasteiger partial charge on any atom is 0.191 e. The number of ether oxygens (including phenoxy) is 1. The van der Waals surface area contributed by atoms with E-state index >= 15 is 0 Å².